The SMILES string of the molecule is Nc1cc(Cl)cc(Cl)c1OCc1ccc(-c2noc(=O)[nH]2)cc1. The number of nitrogens with two attached hydrogens (primary N) is 1. The zero-order valence-electron chi connectivity index (χ0n) is 11.7. The number of nitrogens with zero attached hydrogens (tertiary/aromatic N) is 1. The molecular weight excluding hydrogens is 341 g/mol. The molecule has 0 saturated heterocycles. The third kappa shape index (κ3) is 3.49. The van der Waals surface area contributed by atoms with Crippen molar-refractivity contribution in [1.82, 2.24) is 10.1 Å². The van der Waals surface area contributed by atoms with Crippen molar-refractivity contribution in [2.24, 2.45) is 0 Å². The van der Waals surface area contributed by atoms with Gasteiger partial charge in [0.2, 0.25) is 0 Å². The highest BCUT2D eigenvalue weighted by Crippen LogP contribution is 2.34. The molecule has 1 heterocycles. The summed E-state index contributed by atoms with van der Waals surface area (Å²) in [6.07, 6.45) is 0. The third-order valence-electron chi connectivity index (χ3n) is 3.09. The quantitative estimate of drug-likeness (QED) is 0.701. The van der Waals surface area contributed by atoms with Gasteiger partial charge >= 0.3 is 5.76 Å². The van der Waals surface area contributed by atoms with E-state index in [0.717, 1.165) is 11.1 Å². The Morgan fingerprint density at radius 3 is 2.57 bits per heavy atom. The topological polar surface area (TPSA) is 94.1 Å². The average Bonchev–Trinajstić information content (AvgIpc) is 2.93. The predicted molar refractivity (Wildman–Crippen MR) is 87.8 cm³/mol. The Kier molecular flexibility index (Phi) is 4.27. The highest BCUT2D eigenvalue weighted by atomic mass is 35.5. The number of hydrogen-bond acceptors (Lipinski definition) is 5. The van der Waals surface area contributed by atoms with E-state index in [1.165, 1.54) is 0 Å². The summed E-state index contributed by atoms with van der Waals surface area (Å²) in [6.45, 7) is 0.279. The molecule has 8 heteroatoms. The molecule has 0 fully saturated rings. The van der Waals surface area contributed by atoms with Gasteiger partial charge < -0.3 is 10.5 Å². The lowest BCUT2D eigenvalue weighted by Gasteiger charge is -2.11. The van der Waals surface area contributed by atoms with E-state index in [0.29, 0.717) is 27.3 Å². The summed E-state index contributed by atoms with van der Waals surface area (Å²) < 4.78 is 10.1. The molecule has 0 bridgehead atoms. The van der Waals surface area contributed by atoms with Gasteiger partial charge in [0.1, 0.15) is 6.61 Å². The number of anilines is 1. The normalized spacial score (nSPS) is 10.7. The lowest BCUT2D eigenvalue weighted by molar-refractivity contribution is 0.308. The molecule has 3 rings (SSSR count). The van der Waals surface area contributed by atoms with E-state index in [4.69, 9.17) is 33.7 Å². The minimum atomic E-state index is -0.597. The maximum atomic E-state index is 10.9. The van der Waals surface area contributed by atoms with E-state index in [-0.39, 0.29) is 6.61 Å². The maximum Gasteiger partial charge on any atom is 0.439 e. The largest absolute Gasteiger partial charge is 0.485 e. The van der Waals surface area contributed by atoms with Crippen LogP contribution in [0.1, 0.15) is 5.56 Å². The lowest BCUT2D eigenvalue weighted by Crippen LogP contribution is -2.00. The van der Waals surface area contributed by atoms with Crippen molar-refractivity contribution in [3.63, 3.8) is 0 Å². The van der Waals surface area contributed by atoms with Crippen molar-refractivity contribution >= 4 is 28.9 Å². The molecule has 23 heavy (non-hydrogen) atoms. The molecule has 3 N–H and O–H groups in total. The first-order valence-corrected chi connectivity index (χ1v) is 7.31. The van der Waals surface area contributed by atoms with Crippen molar-refractivity contribution in [3.05, 3.63) is 62.6 Å². The van der Waals surface area contributed by atoms with E-state index in [1.54, 1.807) is 24.3 Å². The molecule has 0 atom stereocenters. The van der Waals surface area contributed by atoms with Crippen LogP contribution < -0.4 is 16.2 Å². The van der Waals surface area contributed by atoms with E-state index in [2.05, 4.69) is 14.7 Å². The van der Waals surface area contributed by atoms with E-state index >= 15 is 0 Å². The first-order valence-electron chi connectivity index (χ1n) is 6.55. The summed E-state index contributed by atoms with van der Waals surface area (Å²) in [7, 11) is 0. The number of halogens is 2. The molecule has 0 amide bonds. The second-order valence-electron chi connectivity index (χ2n) is 4.74. The fraction of sp³-hybridized carbons (Fsp3) is 0.0667. The van der Waals surface area contributed by atoms with Gasteiger partial charge in [-0.25, -0.2) is 4.79 Å². The van der Waals surface area contributed by atoms with Crippen molar-refractivity contribution < 1.29 is 9.26 Å². The summed E-state index contributed by atoms with van der Waals surface area (Å²) >= 11 is 11.9. The van der Waals surface area contributed by atoms with Crippen LogP contribution >= 0.6 is 23.2 Å². The average molecular weight is 352 g/mol. The second-order valence-corrected chi connectivity index (χ2v) is 5.58. The number of nitrogens with one attached hydrogen (secondary N) is 1. The minimum absolute atomic E-state index is 0.279. The van der Waals surface area contributed by atoms with Crippen LogP contribution in [0.5, 0.6) is 5.75 Å². The molecule has 0 spiro atoms. The highest BCUT2D eigenvalue weighted by Gasteiger charge is 2.09. The monoisotopic (exact) mass is 351 g/mol. The molecule has 2 aromatic carbocycles. The Morgan fingerprint density at radius 1 is 1.22 bits per heavy atom. The molecular formula is C15H11Cl2N3O3. The van der Waals surface area contributed by atoms with Gasteiger partial charge in [0.15, 0.2) is 11.6 Å². The number of aromatic nitrogens is 2. The maximum absolute atomic E-state index is 10.9. The van der Waals surface area contributed by atoms with E-state index in [1.807, 2.05) is 12.1 Å². The van der Waals surface area contributed by atoms with Gasteiger partial charge in [0, 0.05) is 10.6 Å². The second kappa shape index (κ2) is 6.36. The van der Waals surface area contributed by atoms with Crippen LogP contribution in [0, 0.1) is 0 Å². The Morgan fingerprint density at radius 2 is 1.96 bits per heavy atom. The number of benzene rings is 2. The van der Waals surface area contributed by atoms with Gasteiger partial charge in [-0.3, -0.25) is 9.51 Å². The molecule has 0 aliphatic heterocycles. The number of rotatable bonds is 4. The van der Waals surface area contributed by atoms with Crippen LogP contribution in [0.15, 0.2) is 45.7 Å². The molecule has 0 aliphatic carbocycles. The van der Waals surface area contributed by atoms with Crippen LogP contribution in [0.2, 0.25) is 10.0 Å². The Hall–Kier alpha value is -2.44. The molecule has 0 saturated carbocycles. The smallest absolute Gasteiger partial charge is 0.439 e. The van der Waals surface area contributed by atoms with E-state index < -0.39 is 5.76 Å². The van der Waals surface area contributed by atoms with Gasteiger partial charge in [-0.15, -0.1) is 0 Å². The molecule has 3 aromatic rings. The fourth-order valence-corrected chi connectivity index (χ4v) is 2.56. The predicted octanol–water partition coefficient (Wildman–Crippen LogP) is 3.50. The molecule has 118 valence electrons. The first kappa shape index (κ1) is 15.5. The third-order valence-corrected chi connectivity index (χ3v) is 3.59. The number of hydrogen-bond donors (Lipinski definition) is 2. The van der Waals surface area contributed by atoms with Gasteiger partial charge in [-0.2, -0.15) is 0 Å². The van der Waals surface area contributed by atoms with Gasteiger partial charge in [0.05, 0.1) is 10.7 Å². The summed E-state index contributed by atoms with van der Waals surface area (Å²) in [5.41, 5.74) is 7.84. The standard InChI is InChI=1S/C15H11Cl2N3O3/c16-10-5-11(17)13(12(18)6-10)22-7-8-1-3-9(4-2-8)14-19-15(21)23-20-14/h1-6H,7,18H2,(H,19,20,21). The van der Waals surface area contributed by atoms with Gasteiger partial charge in [0.25, 0.3) is 0 Å². The number of ether oxygens (including phenoxy) is 1. The van der Waals surface area contributed by atoms with Crippen LogP contribution in [0.25, 0.3) is 11.4 Å². The summed E-state index contributed by atoms with van der Waals surface area (Å²) in [4.78, 5) is 13.4. The molecule has 0 radical (unpaired) electrons. The first-order chi connectivity index (χ1) is 11.0. The fourth-order valence-electron chi connectivity index (χ4n) is 2.00. The van der Waals surface area contributed by atoms with Crippen LogP contribution in [0.4, 0.5) is 5.69 Å². The molecule has 0 aliphatic rings. The van der Waals surface area contributed by atoms with Crippen LogP contribution in [0.3, 0.4) is 0 Å². The Bertz CT molecular complexity index is 864. The van der Waals surface area contributed by atoms with E-state index in [9.17, 15) is 4.79 Å². The zero-order valence-corrected chi connectivity index (χ0v) is 13.2. The summed E-state index contributed by atoms with van der Waals surface area (Å²) in [5.74, 6) is 0.161. The highest BCUT2D eigenvalue weighted by molar-refractivity contribution is 6.36. The van der Waals surface area contributed by atoms with Crippen molar-refractivity contribution in [2.75, 3.05) is 5.73 Å². The molecule has 6 nitrogen and oxygen atoms in total. The van der Waals surface area contributed by atoms with Crippen molar-refractivity contribution in [2.45, 2.75) is 6.61 Å². The van der Waals surface area contributed by atoms with Crippen molar-refractivity contribution in [3.8, 4) is 17.1 Å². The molecule has 1 aromatic heterocycles. The summed E-state index contributed by atoms with van der Waals surface area (Å²) in [5, 5.41) is 4.42. The molecule has 0 unspecified atom stereocenters. The lowest BCUT2D eigenvalue weighted by atomic mass is 10.1. The van der Waals surface area contributed by atoms with Gasteiger partial charge in [-0.05, 0) is 17.7 Å². The Labute approximate surface area is 140 Å². The van der Waals surface area contributed by atoms with Crippen LogP contribution in [-0.4, -0.2) is 10.1 Å². The number of nitrogen functional groups attached to an aromatic ring is 1. The Balaban J connectivity index is 1.73. The number of H-pyrrole nitrogens is 1. The van der Waals surface area contributed by atoms with Crippen molar-refractivity contribution in [1.29, 1.82) is 0 Å². The zero-order chi connectivity index (χ0) is 16.4. The minimum Gasteiger partial charge on any atom is -0.485 e. The van der Waals surface area contributed by atoms with Gasteiger partial charge in [-0.1, -0.05) is 52.6 Å². The number of aromatic amines is 1. The van der Waals surface area contributed by atoms with Crippen LogP contribution in [-0.2, 0) is 6.61 Å². The summed E-state index contributed by atoms with van der Waals surface area (Å²) in [6, 6.07) is 10.4.